The number of hydrogen-bond acceptors (Lipinski definition) is 4. The zero-order valence-corrected chi connectivity index (χ0v) is 13.9. The Kier molecular flexibility index (Phi) is 5.25. The van der Waals surface area contributed by atoms with Gasteiger partial charge in [0.15, 0.2) is 0 Å². The molecule has 0 spiro atoms. The second kappa shape index (κ2) is 7.94. The monoisotopic (exact) mass is 344 g/mol. The topological polar surface area (TPSA) is 52.6 Å². The van der Waals surface area contributed by atoms with E-state index in [0.29, 0.717) is 18.0 Å². The Labute approximate surface area is 151 Å². The first-order valence-corrected chi connectivity index (χ1v) is 7.95. The predicted octanol–water partition coefficient (Wildman–Crippen LogP) is 4.65. The van der Waals surface area contributed by atoms with E-state index in [9.17, 15) is 9.59 Å². The van der Waals surface area contributed by atoms with Crippen LogP contribution < -0.4 is 9.47 Å². The molecular formula is C22H16O4. The van der Waals surface area contributed by atoms with Crippen molar-refractivity contribution in [3.63, 3.8) is 0 Å². The van der Waals surface area contributed by atoms with Crippen LogP contribution in [0.4, 0.5) is 0 Å². The summed E-state index contributed by atoms with van der Waals surface area (Å²) < 4.78 is 9.87. The van der Waals surface area contributed by atoms with E-state index in [0.717, 1.165) is 28.3 Å². The standard InChI is InChI=1S/C22H16O4/c1-2-22(24)26-21-13-9-19(10-14-21)17-5-3-16(4-6-17)18-7-11-20(12-8-18)25-15-23/h2-15H,1H2. The lowest BCUT2D eigenvalue weighted by Crippen LogP contribution is -2.02. The predicted molar refractivity (Wildman–Crippen MR) is 99.8 cm³/mol. The van der Waals surface area contributed by atoms with Crippen molar-refractivity contribution in [2.45, 2.75) is 0 Å². The van der Waals surface area contributed by atoms with Gasteiger partial charge in [0.1, 0.15) is 11.5 Å². The summed E-state index contributed by atoms with van der Waals surface area (Å²) in [6.45, 7) is 3.78. The van der Waals surface area contributed by atoms with Crippen LogP contribution in [0, 0.1) is 0 Å². The zero-order chi connectivity index (χ0) is 18.4. The molecule has 3 aromatic rings. The SMILES string of the molecule is C=CC(=O)Oc1ccc(-c2ccc(-c3ccc(OC=O)cc3)cc2)cc1. The normalized spacial score (nSPS) is 10.0. The molecule has 26 heavy (non-hydrogen) atoms. The first-order valence-electron chi connectivity index (χ1n) is 7.95. The highest BCUT2D eigenvalue weighted by molar-refractivity contribution is 5.83. The molecule has 128 valence electrons. The Morgan fingerprint density at radius 2 is 1.08 bits per heavy atom. The average Bonchev–Trinajstić information content (AvgIpc) is 2.69. The number of hydrogen-bond donors (Lipinski definition) is 0. The number of benzene rings is 3. The van der Waals surface area contributed by atoms with Crippen LogP contribution in [0.5, 0.6) is 11.5 Å². The first kappa shape index (κ1) is 17.2. The fourth-order valence-electron chi connectivity index (χ4n) is 2.51. The van der Waals surface area contributed by atoms with Gasteiger partial charge in [0.05, 0.1) is 0 Å². The smallest absolute Gasteiger partial charge is 0.335 e. The van der Waals surface area contributed by atoms with Crippen molar-refractivity contribution >= 4 is 12.4 Å². The van der Waals surface area contributed by atoms with Crippen molar-refractivity contribution in [1.29, 1.82) is 0 Å². The summed E-state index contributed by atoms with van der Waals surface area (Å²) in [6.07, 6.45) is 1.13. The maximum absolute atomic E-state index is 11.2. The van der Waals surface area contributed by atoms with Crippen molar-refractivity contribution in [2.75, 3.05) is 0 Å². The van der Waals surface area contributed by atoms with E-state index in [2.05, 4.69) is 6.58 Å². The van der Waals surface area contributed by atoms with E-state index in [-0.39, 0.29) is 0 Å². The lowest BCUT2D eigenvalue weighted by atomic mass is 10.0. The molecule has 0 unspecified atom stereocenters. The molecular weight excluding hydrogens is 328 g/mol. The van der Waals surface area contributed by atoms with Crippen molar-refractivity contribution in [3.05, 3.63) is 85.5 Å². The van der Waals surface area contributed by atoms with Gasteiger partial charge in [-0.3, -0.25) is 4.79 Å². The van der Waals surface area contributed by atoms with Crippen molar-refractivity contribution in [2.24, 2.45) is 0 Å². The molecule has 0 amide bonds. The molecule has 0 saturated heterocycles. The van der Waals surface area contributed by atoms with Gasteiger partial charge in [-0.25, -0.2) is 4.79 Å². The van der Waals surface area contributed by atoms with E-state index in [1.54, 1.807) is 24.3 Å². The maximum atomic E-state index is 11.2. The molecule has 3 aromatic carbocycles. The number of rotatable bonds is 6. The van der Waals surface area contributed by atoms with Crippen molar-refractivity contribution < 1.29 is 19.1 Å². The minimum absolute atomic E-state index is 0.410. The largest absolute Gasteiger partial charge is 0.429 e. The third kappa shape index (κ3) is 4.05. The minimum atomic E-state index is -0.480. The van der Waals surface area contributed by atoms with Crippen LogP contribution in [0.15, 0.2) is 85.5 Å². The second-order valence-electron chi connectivity index (χ2n) is 5.47. The number of carbonyl (C=O) groups excluding carboxylic acids is 2. The molecule has 0 heterocycles. The zero-order valence-electron chi connectivity index (χ0n) is 13.9. The molecule has 0 aromatic heterocycles. The first-order chi connectivity index (χ1) is 12.7. The fraction of sp³-hybridized carbons (Fsp3) is 0. The van der Waals surface area contributed by atoms with Crippen LogP contribution in [0.1, 0.15) is 0 Å². The summed E-state index contributed by atoms with van der Waals surface area (Å²) >= 11 is 0. The molecule has 4 heteroatoms. The van der Waals surface area contributed by atoms with E-state index >= 15 is 0 Å². The average molecular weight is 344 g/mol. The van der Waals surface area contributed by atoms with Crippen LogP contribution in [-0.2, 0) is 9.59 Å². The molecule has 0 aliphatic heterocycles. The molecule has 0 saturated carbocycles. The lowest BCUT2D eigenvalue weighted by molar-refractivity contribution is -0.129. The Hall–Kier alpha value is -3.66. The van der Waals surface area contributed by atoms with E-state index in [1.807, 2.05) is 48.5 Å². The molecule has 4 nitrogen and oxygen atoms in total. The summed E-state index contributed by atoms with van der Waals surface area (Å²) in [5.41, 5.74) is 4.16. The van der Waals surface area contributed by atoms with Gasteiger partial charge in [0.2, 0.25) is 0 Å². The summed E-state index contributed by atoms with van der Waals surface area (Å²) in [4.78, 5) is 21.5. The van der Waals surface area contributed by atoms with Crippen LogP contribution >= 0.6 is 0 Å². The molecule has 0 aliphatic rings. The van der Waals surface area contributed by atoms with Crippen LogP contribution in [0.2, 0.25) is 0 Å². The van der Waals surface area contributed by atoms with E-state index in [4.69, 9.17) is 9.47 Å². The van der Waals surface area contributed by atoms with Crippen molar-refractivity contribution in [1.82, 2.24) is 0 Å². The van der Waals surface area contributed by atoms with Crippen LogP contribution in [-0.4, -0.2) is 12.4 Å². The molecule has 0 aliphatic carbocycles. The Morgan fingerprint density at radius 1 is 0.692 bits per heavy atom. The molecule has 0 fully saturated rings. The quantitative estimate of drug-likeness (QED) is 0.283. The molecule has 3 rings (SSSR count). The summed E-state index contributed by atoms with van der Waals surface area (Å²) in [7, 11) is 0. The highest BCUT2D eigenvalue weighted by Gasteiger charge is 2.03. The lowest BCUT2D eigenvalue weighted by Gasteiger charge is -2.07. The van der Waals surface area contributed by atoms with Gasteiger partial charge >= 0.3 is 5.97 Å². The second-order valence-corrected chi connectivity index (χ2v) is 5.47. The minimum Gasteiger partial charge on any atom is -0.429 e. The molecule has 0 N–H and O–H groups in total. The Balaban J connectivity index is 1.75. The summed E-state index contributed by atoms with van der Waals surface area (Å²) in [5.74, 6) is 0.511. The fourth-order valence-corrected chi connectivity index (χ4v) is 2.51. The Bertz CT molecular complexity index is 908. The van der Waals surface area contributed by atoms with Gasteiger partial charge in [-0.15, -0.1) is 0 Å². The van der Waals surface area contributed by atoms with Crippen molar-refractivity contribution in [3.8, 4) is 33.8 Å². The van der Waals surface area contributed by atoms with Gasteiger partial charge in [-0.1, -0.05) is 55.1 Å². The highest BCUT2D eigenvalue weighted by atomic mass is 16.5. The van der Waals surface area contributed by atoms with E-state index < -0.39 is 5.97 Å². The van der Waals surface area contributed by atoms with Crippen LogP contribution in [0.25, 0.3) is 22.3 Å². The number of carbonyl (C=O) groups is 2. The number of esters is 1. The third-order valence-corrected chi connectivity index (χ3v) is 3.83. The number of ether oxygens (including phenoxy) is 2. The summed E-state index contributed by atoms with van der Waals surface area (Å²) in [6, 6.07) is 22.7. The van der Waals surface area contributed by atoms with Gasteiger partial charge in [0.25, 0.3) is 6.47 Å². The van der Waals surface area contributed by atoms with Gasteiger partial charge in [-0.2, -0.15) is 0 Å². The van der Waals surface area contributed by atoms with Gasteiger partial charge < -0.3 is 9.47 Å². The van der Waals surface area contributed by atoms with E-state index in [1.165, 1.54) is 0 Å². The molecule has 0 radical (unpaired) electrons. The Morgan fingerprint density at radius 3 is 1.46 bits per heavy atom. The summed E-state index contributed by atoms with van der Waals surface area (Å²) in [5, 5.41) is 0. The molecule has 0 bridgehead atoms. The third-order valence-electron chi connectivity index (χ3n) is 3.83. The van der Waals surface area contributed by atoms with Gasteiger partial charge in [0, 0.05) is 6.08 Å². The van der Waals surface area contributed by atoms with Crippen LogP contribution in [0.3, 0.4) is 0 Å². The molecule has 0 atom stereocenters. The highest BCUT2D eigenvalue weighted by Crippen LogP contribution is 2.27. The maximum Gasteiger partial charge on any atom is 0.335 e. The van der Waals surface area contributed by atoms with Gasteiger partial charge in [-0.05, 0) is 46.5 Å².